The smallest absolute Gasteiger partial charge is 0.253 e. The quantitative estimate of drug-likeness (QED) is 0.365. The summed E-state index contributed by atoms with van der Waals surface area (Å²) in [5, 5.41) is 11.2. The number of carbonyl (C=O) groups excluding carboxylic acids is 2. The van der Waals surface area contributed by atoms with Gasteiger partial charge in [-0.05, 0) is 34.4 Å². The number of hydrogen-bond donors (Lipinski definition) is 1. The Kier molecular flexibility index (Phi) is 7.07. The van der Waals surface area contributed by atoms with Gasteiger partial charge in [0.05, 0.1) is 5.41 Å². The molecule has 178 valence electrons. The van der Waals surface area contributed by atoms with Gasteiger partial charge in [0, 0.05) is 25.6 Å². The van der Waals surface area contributed by atoms with Crippen LogP contribution in [0.4, 0.5) is 5.13 Å². The third kappa shape index (κ3) is 5.30. The summed E-state index contributed by atoms with van der Waals surface area (Å²) in [6.07, 6.45) is 0. The lowest BCUT2D eigenvalue weighted by Crippen LogP contribution is -2.37. The molecule has 4 rings (SSSR count). The first-order chi connectivity index (χ1) is 16.8. The molecular formula is C28H28N4O2S. The molecule has 0 fully saturated rings. The van der Waals surface area contributed by atoms with E-state index in [1.807, 2.05) is 56.3 Å². The lowest BCUT2D eigenvalue weighted by atomic mass is 9.70. The van der Waals surface area contributed by atoms with Gasteiger partial charge in [0.1, 0.15) is 5.51 Å². The zero-order chi connectivity index (χ0) is 25.0. The Hall–Kier alpha value is -3.84. The van der Waals surface area contributed by atoms with Gasteiger partial charge in [-0.25, -0.2) is 0 Å². The first-order valence-corrected chi connectivity index (χ1v) is 12.2. The summed E-state index contributed by atoms with van der Waals surface area (Å²) in [7, 11) is 3.49. The van der Waals surface area contributed by atoms with Crippen molar-refractivity contribution in [3.8, 4) is 11.1 Å². The van der Waals surface area contributed by atoms with Crippen LogP contribution in [0.15, 0.2) is 84.4 Å². The third-order valence-electron chi connectivity index (χ3n) is 6.14. The largest absolute Gasteiger partial charge is 0.345 e. The summed E-state index contributed by atoms with van der Waals surface area (Å²) < 4.78 is 0. The molecule has 0 saturated heterocycles. The van der Waals surface area contributed by atoms with E-state index in [2.05, 4.69) is 51.9 Å². The Labute approximate surface area is 209 Å². The lowest BCUT2D eigenvalue weighted by Gasteiger charge is -2.33. The van der Waals surface area contributed by atoms with Crippen molar-refractivity contribution in [3.63, 3.8) is 0 Å². The number of nitrogens with one attached hydrogen (secondary N) is 1. The minimum Gasteiger partial charge on any atom is -0.345 e. The first kappa shape index (κ1) is 24.3. The summed E-state index contributed by atoms with van der Waals surface area (Å²) in [6.45, 7) is 3.91. The molecule has 0 radical (unpaired) electrons. The summed E-state index contributed by atoms with van der Waals surface area (Å²) in [5.74, 6) is -0.314. The van der Waals surface area contributed by atoms with Crippen LogP contribution in [0.2, 0.25) is 0 Å². The number of rotatable bonds is 7. The number of hydrogen-bond acceptors (Lipinski definition) is 5. The average molecular weight is 485 g/mol. The number of nitrogens with zero attached hydrogens (tertiary/aromatic N) is 3. The average Bonchev–Trinajstić information content (AvgIpc) is 3.38. The van der Waals surface area contributed by atoms with Crippen LogP contribution in [0.5, 0.6) is 0 Å². The molecular weight excluding hydrogens is 456 g/mol. The second-order valence-corrected chi connectivity index (χ2v) is 10.00. The van der Waals surface area contributed by atoms with Crippen LogP contribution in [0.1, 0.15) is 41.3 Å². The standard InChI is InChI=1S/C28H28N4O2S/c1-28(2,26(34)30-27-31-29-18-35-27)24(21-8-6-5-7-9-21)22-14-10-19(11-15-22)20-12-16-23(17-13-20)25(33)32(3)4/h5-18,24H,1-4H3,(H,30,31,34). The SMILES string of the molecule is CN(C)C(=O)c1ccc(-c2ccc(C(c3ccccc3)C(C)(C)C(=O)Nc3nncs3)cc2)cc1. The van der Waals surface area contributed by atoms with Crippen molar-refractivity contribution >= 4 is 28.3 Å². The van der Waals surface area contributed by atoms with E-state index in [1.54, 1.807) is 24.5 Å². The number of amides is 2. The molecule has 6 nitrogen and oxygen atoms in total. The Balaban J connectivity index is 1.65. The molecule has 7 heteroatoms. The van der Waals surface area contributed by atoms with Crippen LogP contribution in [0, 0.1) is 5.41 Å². The first-order valence-electron chi connectivity index (χ1n) is 11.3. The van der Waals surface area contributed by atoms with E-state index in [4.69, 9.17) is 0 Å². The van der Waals surface area contributed by atoms with E-state index in [-0.39, 0.29) is 17.7 Å². The number of carbonyl (C=O) groups is 2. The zero-order valence-electron chi connectivity index (χ0n) is 20.2. The van der Waals surface area contributed by atoms with Crippen LogP contribution in [-0.4, -0.2) is 41.0 Å². The van der Waals surface area contributed by atoms with Gasteiger partial charge in [-0.3, -0.25) is 9.59 Å². The molecule has 35 heavy (non-hydrogen) atoms. The highest BCUT2D eigenvalue weighted by molar-refractivity contribution is 7.13. The zero-order valence-corrected chi connectivity index (χ0v) is 21.0. The van der Waals surface area contributed by atoms with Gasteiger partial charge in [-0.1, -0.05) is 91.9 Å². The van der Waals surface area contributed by atoms with Gasteiger partial charge in [-0.2, -0.15) is 0 Å². The molecule has 1 unspecified atom stereocenters. The van der Waals surface area contributed by atoms with Crippen molar-refractivity contribution < 1.29 is 9.59 Å². The topological polar surface area (TPSA) is 75.2 Å². The van der Waals surface area contributed by atoms with Crippen molar-refractivity contribution in [3.05, 3.63) is 101 Å². The van der Waals surface area contributed by atoms with Crippen LogP contribution >= 0.6 is 11.3 Å². The molecule has 0 spiro atoms. The molecule has 0 bridgehead atoms. The van der Waals surface area contributed by atoms with Gasteiger partial charge in [0.2, 0.25) is 11.0 Å². The van der Waals surface area contributed by atoms with Crippen LogP contribution in [0.25, 0.3) is 11.1 Å². The molecule has 1 aromatic heterocycles. The Bertz CT molecular complexity index is 1280. The van der Waals surface area contributed by atoms with Gasteiger partial charge in [0.15, 0.2) is 0 Å². The van der Waals surface area contributed by atoms with E-state index in [0.29, 0.717) is 10.7 Å². The minimum atomic E-state index is -0.761. The predicted molar refractivity (Wildman–Crippen MR) is 141 cm³/mol. The molecule has 1 atom stereocenters. The normalized spacial score (nSPS) is 12.1. The summed E-state index contributed by atoms with van der Waals surface area (Å²) >= 11 is 1.30. The third-order valence-corrected chi connectivity index (χ3v) is 6.74. The fourth-order valence-electron chi connectivity index (χ4n) is 4.22. The maximum absolute atomic E-state index is 13.3. The van der Waals surface area contributed by atoms with Crippen molar-refractivity contribution in [2.45, 2.75) is 19.8 Å². The summed E-state index contributed by atoms with van der Waals surface area (Å²) in [6, 6.07) is 26.0. The highest BCUT2D eigenvalue weighted by Crippen LogP contribution is 2.42. The maximum Gasteiger partial charge on any atom is 0.253 e. The Morgan fingerprint density at radius 1 is 0.857 bits per heavy atom. The fraction of sp³-hybridized carbons (Fsp3) is 0.214. The van der Waals surface area contributed by atoms with E-state index < -0.39 is 5.41 Å². The van der Waals surface area contributed by atoms with Crippen LogP contribution in [-0.2, 0) is 4.79 Å². The molecule has 0 aliphatic rings. The molecule has 4 aromatic rings. The Morgan fingerprint density at radius 2 is 1.43 bits per heavy atom. The maximum atomic E-state index is 13.3. The highest BCUT2D eigenvalue weighted by atomic mass is 32.1. The van der Waals surface area contributed by atoms with Crippen LogP contribution < -0.4 is 5.32 Å². The molecule has 1 N–H and O–H groups in total. The van der Waals surface area contributed by atoms with Crippen molar-refractivity contribution in [1.29, 1.82) is 0 Å². The van der Waals surface area contributed by atoms with E-state index in [1.165, 1.54) is 11.3 Å². The van der Waals surface area contributed by atoms with E-state index in [9.17, 15) is 9.59 Å². The van der Waals surface area contributed by atoms with Crippen molar-refractivity contribution in [1.82, 2.24) is 15.1 Å². The number of benzene rings is 3. The van der Waals surface area contributed by atoms with Gasteiger partial charge >= 0.3 is 0 Å². The predicted octanol–water partition coefficient (Wildman–Crippen LogP) is 5.70. The second kappa shape index (κ2) is 10.2. The molecule has 1 heterocycles. The van der Waals surface area contributed by atoms with Gasteiger partial charge in [-0.15, -0.1) is 10.2 Å². The molecule has 0 aliphatic heterocycles. The van der Waals surface area contributed by atoms with Gasteiger partial charge in [0.25, 0.3) is 5.91 Å². The highest BCUT2D eigenvalue weighted by Gasteiger charge is 2.39. The van der Waals surface area contributed by atoms with Crippen LogP contribution in [0.3, 0.4) is 0 Å². The minimum absolute atomic E-state index is 0.0216. The molecule has 0 aliphatic carbocycles. The number of aromatic nitrogens is 2. The van der Waals surface area contributed by atoms with Crippen molar-refractivity contribution in [2.24, 2.45) is 5.41 Å². The summed E-state index contributed by atoms with van der Waals surface area (Å²) in [5.41, 5.74) is 5.66. The Morgan fingerprint density at radius 3 is 1.97 bits per heavy atom. The van der Waals surface area contributed by atoms with E-state index in [0.717, 1.165) is 22.3 Å². The summed E-state index contributed by atoms with van der Waals surface area (Å²) in [4.78, 5) is 27.1. The molecule has 2 amide bonds. The lowest BCUT2D eigenvalue weighted by molar-refractivity contribution is -0.124. The van der Waals surface area contributed by atoms with E-state index >= 15 is 0 Å². The van der Waals surface area contributed by atoms with Crippen molar-refractivity contribution in [2.75, 3.05) is 19.4 Å². The molecule has 3 aromatic carbocycles. The number of anilines is 1. The second-order valence-electron chi connectivity index (χ2n) is 9.16. The molecule has 0 saturated carbocycles. The van der Waals surface area contributed by atoms with Gasteiger partial charge < -0.3 is 10.2 Å². The monoisotopic (exact) mass is 484 g/mol. The fourth-order valence-corrected chi connectivity index (χ4v) is 4.66.